The van der Waals surface area contributed by atoms with Crippen molar-refractivity contribution in [3.8, 4) is 5.75 Å². The minimum absolute atomic E-state index is 0. The largest absolute Gasteiger partial charge is 0.487 e. The average molecular weight is 412 g/mol. The number of fused-ring (bicyclic) bond motifs is 1. The molecule has 0 aliphatic carbocycles. The highest BCUT2D eigenvalue weighted by atomic mass is 35.5. The van der Waals surface area contributed by atoms with Crippen LogP contribution in [0.3, 0.4) is 0 Å². The number of carbonyl (C=O) groups is 1. The quantitative estimate of drug-likeness (QED) is 0.816. The minimum Gasteiger partial charge on any atom is -0.487 e. The van der Waals surface area contributed by atoms with Gasteiger partial charge in [0.15, 0.2) is 0 Å². The molecule has 1 aromatic heterocycles. The van der Waals surface area contributed by atoms with E-state index in [0.29, 0.717) is 19.6 Å². The molecule has 1 fully saturated rings. The van der Waals surface area contributed by atoms with E-state index in [0.717, 1.165) is 53.5 Å². The average Bonchev–Trinajstić information content (AvgIpc) is 3.23. The smallest absolute Gasteiger partial charge is 0.222 e. The lowest BCUT2D eigenvalue weighted by Crippen LogP contribution is -2.39. The molecule has 2 aliphatic heterocycles. The van der Waals surface area contributed by atoms with Gasteiger partial charge in [0.2, 0.25) is 5.91 Å². The molecule has 4 rings (SSSR count). The molecule has 1 saturated heterocycles. The Bertz CT molecular complexity index is 826. The molecule has 0 saturated carbocycles. The fourth-order valence-electron chi connectivity index (χ4n) is 3.74. The number of nitrogens with one attached hydrogen (secondary N) is 1. The van der Waals surface area contributed by atoms with Gasteiger partial charge in [-0.2, -0.15) is 0 Å². The first kappa shape index (κ1) is 19.9. The van der Waals surface area contributed by atoms with Crippen molar-refractivity contribution >= 4 is 29.9 Å². The molecule has 1 N–H and O–H groups in total. The number of amides is 1. The molecule has 0 spiro atoms. The van der Waals surface area contributed by atoms with Crippen molar-refractivity contribution in [2.45, 2.75) is 31.9 Å². The molecule has 27 heavy (non-hydrogen) atoms. The predicted octanol–water partition coefficient (Wildman–Crippen LogP) is 2.28. The van der Waals surface area contributed by atoms with E-state index in [4.69, 9.17) is 16.3 Å². The number of carbonyl (C=O) groups excluding carboxylic acids is 1. The number of likely N-dealkylation sites (tertiary alicyclic amines) is 1. The van der Waals surface area contributed by atoms with Gasteiger partial charge in [0.05, 0.1) is 12.2 Å². The summed E-state index contributed by atoms with van der Waals surface area (Å²) in [6.07, 6.45) is 4.26. The van der Waals surface area contributed by atoms with Crippen LogP contribution in [-0.2, 0) is 24.9 Å². The lowest BCUT2D eigenvalue weighted by atomic mass is 9.92. The fourth-order valence-corrected chi connectivity index (χ4v) is 4.00. The third-order valence-electron chi connectivity index (χ3n) is 4.97. The lowest BCUT2D eigenvalue weighted by molar-refractivity contribution is -0.128. The van der Waals surface area contributed by atoms with Crippen LogP contribution in [0.4, 0.5) is 0 Å². The summed E-state index contributed by atoms with van der Waals surface area (Å²) in [6, 6.07) is 3.82. The number of halogens is 2. The molecule has 9 heteroatoms. The monoisotopic (exact) mass is 411 g/mol. The van der Waals surface area contributed by atoms with Crippen molar-refractivity contribution in [2.75, 3.05) is 19.6 Å². The van der Waals surface area contributed by atoms with Gasteiger partial charge in [-0.25, -0.2) is 0 Å². The summed E-state index contributed by atoms with van der Waals surface area (Å²) in [6.45, 7) is 2.65. The van der Waals surface area contributed by atoms with Crippen molar-refractivity contribution in [1.29, 1.82) is 0 Å². The van der Waals surface area contributed by atoms with Gasteiger partial charge in [0, 0.05) is 37.1 Å². The van der Waals surface area contributed by atoms with Crippen LogP contribution in [0.2, 0.25) is 5.02 Å². The Morgan fingerprint density at radius 1 is 1.37 bits per heavy atom. The summed E-state index contributed by atoms with van der Waals surface area (Å²) in [5.41, 5.74) is 2.94. The van der Waals surface area contributed by atoms with E-state index < -0.39 is 0 Å². The van der Waals surface area contributed by atoms with Crippen LogP contribution in [-0.4, -0.2) is 45.4 Å². The Morgan fingerprint density at radius 3 is 2.93 bits per heavy atom. The summed E-state index contributed by atoms with van der Waals surface area (Å²) in [5.74, 6) is 1.02. The molecule has 0 unspecified atom stereocenters. The van der Waals surface area contributed by atoms with Crippen LogP contribution in [0.15, 0.2) is 18.3 Å². The van der Waals surface area contributed by atoms with Crippen molar-refractivity contribution in [3.05, 3.63) is 40.2 Å². The first-order valence-corrected chi connectivity index (χ1v) is 9.30. The van der Waals surface area contributed by atoms with Crippen LogP contribution in [0, 0.1) is 0 Å². The maximum absolute atomic E-state index is 12.0. The van der Waals surface area contributed by atoms with Gasteiger partial charge in [-0.15, -0.1) is 17.5 Å². The van der Waals surface area contributed by atoms with Gasteiger partial charge in [0.1, 0.15) is 18.1 Å². The Balaban J connectivity index is 0.00000210. The number of rotatable bonds is 5. The van der Waals surface area contributed by atoms with Gasteiger partial charge in [-0.05, 0) is 37.1 Å². The SMILES string of the molecule is Cl.Cn1cc(COc2ccc(Cl)c3c2[C@@H](CN2CCCC2=O)NCC3)nn1. The van der Waals surface area contributed by atoms with E-state index in [1.54, 1.807) is 4.68 Å². The summed E-state index contributed by atoms with van der Waals surface area (Å²) in [4.78, 5) is 14.0. The molecule has 3 heterocycles. The first-order chi connectivity index (χ1) is 12.6. The summed E-state index contributed by atoms with van der Waals surface area (Å²) >= 11 is 6.46. The van der Waals surface area contributed by atoms with Gasteiger partial charge in [-0.3, -0.25) is 9.48 Å². The van der Waals surface area contributed by atoms with E-state index >= 15 is 0 Å². The topological polar surface area (TPSA) is 72.3 Å². The number of aryl methyl sites for hydroxylation is 1. The Labute approximate surface area is 169 Å². The summed E-state index contributed by atoms with van der Waals surface area (Å²) in [5, 5.41) is 12.3. The molecule has 2 aliphatic rings. The maximum Gasteiger partial charge on any atom is 0.222 e. The molecular formula is C18H23Cl2N5O2. The molecule has 0 radical (unpaired) electrons. The molecule has 1 atom stereocenters. The highest BCUT2D eigenvalue weighted by Gasteiger charge is 2.30. The lowest BCUT2D eigenvalue weighted by Gasteiger charge is -2.32. The number of nitrogens with zero attached hydrogens (tertiary/aromatic N) is 4. The van der Waals surface area contributed by atoms with Crippen LogP contribution in [0.25, 0.3) is 0 Å². The normalized spacial score (nSPS) is 19.0. The number of hydrogen-bond acceptors (Lipinski definition) is 5. The van der Waals surface area contributed by atoms with Crippen LogP contribution < -0.4 is 10.1 Å². The zero-order chi connectivity index (χ0) is 18.1. The van der Waals surface area contributed by atoms with E-state index in [2.05, 4.69) is 15.6 Å². The Hall–Kier alpha value is -1.83. The van der Waals surface area contributed by atoms with E-state index in [1.165, 1.54) is 0 Å². The molecular weight excluding hydrogens is 389 g/mol. The third-order valence-corrected chi connectivity index (χ3v) is 5.33. The molecule has 1 aromatic carbocycles. The van der Waals surface area contributed by atoms with Crippen molar-refractivity contribution < 1.29 is 9.53 Å². The standard InChI is InChI=1S/C18H22ClN5O2.ClH/c1-23-9-12(21-22-23)11-26-16-5-4-14(19)13-6-7-20-15(18(13)16)10-24-8-2-3-17(24)25;/h4-5,9,15,20H,2-3,6-8,10-11H2,1H3;1H/t15-;/m1./s1. The fraction of sp³-hybridized carbons (Fsp3) is 0.500. The number of hydrogen-bond donors (Lipinski definition) is 1. The van der Waals surface area contributed by atoms with E-state index in [-0.39, 0.29) is 24.4 Å². The zero-order valence-electron chi connectivity index (χ0n) is 15.2. The van der Waals surface area contributed by atoms with Crippen LogP contribution in [0.5, 0.6) is 5.75 Å². The highest BCUT2D eigenvalue weighted by molar-refractivity contribution is 6.31. The summed E-state index contributed by atoms with van der Waals surface area (Å²) < 4.78 is 7.71. The Kier molecular flexibility index (Phi) is 6.24. The van der Waals surface area contributed by atoms with Crippen molar-refractivity contribution in [3.63, 3.8) is 0 Å². The summed E-state index contributed by atoms with van der Waals surface area (Å²) in [7, 11) is 1.83. The van der Waals surface area contributed by atoms with Gasteiger partial charge in [-0.1, -0.05) is 16.8 Å². The highest BCUT2D eigenvalue weighted by Crippen LogP contribution is 2.37. The van der Waals surface area contributed by atoms with Crippen molar-refractivity contribution in [1.82, 2.24) is 25.2 Å². The van der Waals surface area contributed by atoms with E-state index in [9.17, 15) is 4.79 Å². The number of ether oxygens (including phenoxy) is 1. The molecule has 1 amide bonds. The number of aromatic nitrogens is 3. The zero-order valence-corrected chi connectivity index (χ0v) is 16.7. The maximum atomic E-state index is 12.0. The molecule has 0 bridgehead atoms. The Morgan fingerprint density at radius 2 is 2.22 bits per heavy atom. The number of benzene rings is 1. The van der Waals surface area contributed by atoms with E-state index in [1.807, 2.05) is 30.3 Å². The van der Waals surface area contributed by atoms with Crippen LogP contribution in [0.1, 0.15) is 35.7 Å². The molecule has 2 aromatic rings. The second-order valence-electron chi connectivity index (χ2n) is 6.81. The predicted molar refractivity (Wildman–Crippen MR) is 104 cm³/mol. The van der Waals surface area contributed by atoms with Crippen molar-refractivity contribution in [2.24, 2.45) is 7.05 Å². The second-order valence-corrected chi connectivity index (χ2v) is 7.22. The van der Waals surface area contributed by atoms with Crippen LogP contribution >= 0.6 is 24.0 Å². The van der Waals surface area contributed by atoms with Gasteiger partial charge >= 0.3 is 0 Å². The third kappa shape index (κ3) is 4.20. The molecule has 7 nitrogen and oxygen atoms in total. The second kappa shape index (κ2) is 8.46. The van der Waals surface area contributed by atoms with Gasteiger partial charge < -0.3 is 15.0 Å². The molecule has 146 valence electrons. The van der Waals surface area contributed by atoms with Gasteiger partial charge in [0.25, 0.3) is 0 Å². The minimum atomic E-state index is 0. The first-order valence-electron chi connectivity index (χ1n) is 8.92.